The summed E-state index contributed by atoms with van der Waals surface area (Å²) in [4.78, 5) is 22.2. The fourth-order valence-electron chi connectivity index (χ4n) is 5.51. The van der Waals surface area contributed by atoms with Crippen molar-refractivity contribution in [2.45, 2.75) is 58.7 Å². The number of piperidine rings is 1. The fourth-order valence-corrected chi connectivity index (χ4v) is 5.51. The Balaban J connectivity index is 1.35. The number of aryl methyl sites for hydroxylation is 2. The third-order valence-corrected chi connectivity index (χ3v) is 7.79. The Kier molecular flexibility index (Phi) is 9.56. The first kappa shape index (κ1) is 28.1. The average molecular weight is 526 g/mol. The number of rotatable bonds is 10. The molecular formula is C32H39N5O2. The SMILES string of the molecule is COc1ccc(N(Cc2cccc(C#N)c2)C2CCN(C(C)CCNC(=O)c3c(C)cccc3C)CC2)cn1. The molecule has 1 fully saturated rings. The van der Waals surface area contributed by atoms with Gasteiger partial charge in [-0.25, -0.2) is 4.98 Å². The summed E-state index contributed by atoms with van der Waals surface area (Å²) in [5, 5.41) is 12.5. The molecule has 0 radical (unpaired) electrons. The monoisotopic (exact) mass is 525 g/mol. The lowest BCUT2D eigenvalue weighted by molar-refractivity contribution is 0.0944. The molecule has 2 heterocycles. The Labute approximate surface area is 232 Å². The quantitative estimate of drug-likeness (QED) is 0.389. The molecule has 1 aliphatic rings. The Morgan fingerprint density at radius 3 is 2.51 bits per heavy atom. The van der Waals surface area contributed by atoms with Crippen LogP contribution in [0.3, 0.4) is 0 Å². The average Bonchev–Trinajstić information content (AvgIpc) is 2.96. The number of pyridine rings is 1. The van der Waals surface area contributed by atoms with Crippen LogP contribution in [0, 0.1) is 25.2 Å². The molecule has 7 nitrogen and oxygen atoms in total. The molecule has 1 unspecified atom stereocenters. The van der Waals surface area contributed by atoms with E-state index in [-0.39, 0.29) is 5.91 Å². The number of anilines is 1. The second kappa shape index (κ2) is 13.3. The van der Waals surface area contributed by atoms with Gasteiger partial charge in [0.15, 0.2) is 0 Å². The van der Waals surface area contributed by atoms with Crippen LogP contribution >= 0.6 is 0 Å². The van der Waals surface area contributed by atoms with Gasteiger partial charge in [-0.05, 0) is 74.9 Å². The highest BCUT2D eigenvalue weighted by atomic mass is 16.5. The maximum atomic E-state index is 12.8. The Morgan fingerprint density at radius 2 is 1.87 bits per heavy atom. The maximum absolute atomic E-state index is 12.8. The number of nitrogens with zero attached hydrogens (tertiary/aromatic N) is 4. The molecule has 1 aromatic heterocycles. The van der Waals surface area contributed by atoms with Gasteiger partial charge in [-0.3, -0.25) is 4.79 Å². The Hall–Kier alpha value is -3.89. The van der Waals surface area contributed by atoms with Gasteiger partial charge in [0.25, 0.3) is 5.91 Å². The zero-order valence-corrected chi connectivity index (χ0v) is 23.5. The van der Waals surface area contributed by atoms with E-state index in [9.17, 15) is 10.1 Å². The van der Waals surface area contributed by atoms with Gasteiger partial charge < -0.3 is 19.9 Å². The molecule has 0 spiro atoms. The normalized spacial score (nSPS) is 14.8. The van der Waals surface area contributed by atoms with Gasteiger partial charge in [-0.1, -0.05) is 30.3 Å². The standard InChI is InChI=1S/C32H39N5O2/c1-23-7-5-8-24(2)31(23)32(38)34-16-13-25(3)36-17-14-28(15-18-36)37(29-11-12-30(39-4)35-21-29)22-27-10-6-9-26(19-27)20-33/h5-12,19,21,25,28H,13-18,22H2,1-4H3,(H,34,38). The first-order chi connectivity index (χ1) is 18.9. The van der Waals surface area contributed by atoms with Gasteiger partial charge >= 0.3 is 0 Å². The minimum Gasteiger partial charge on any atom is -0.481 e. The van der Waals surface area contributed by atoms with E-state index in [0.29, 0.717) is 36.6 Å². The van der Waals surface area contributed by atoms with Crippen LogP contribution in [-0.4, -0.2) is 54.6 Å². The number of aromatic nitrogens is 1. The molecule has 0 aliphatic carbocycles. The summed E-state index contributed by atoms with van der Waals surface area (Å²) < 4.78 is 5.27. The first-order valence-corrected chi connectivity index (χ1v) is 13.7. The van der Waals surface area contributed by atoms with Crippen molar-refractivity contribution in [3.05, 3.63) is 88.6 Å². The molecule has 1 saturated heterocycles. The van der Waals surface area contributed by atoms with Crippen molar-refractivity contribution in [3.63, 3.8) is 0 Å². The predicted octanol–water partition coefficient (Wildman–Crippen LogP) is 5.26. The molecule has 7 heteroatoms. The van der Waals surface area contributed by atoms with Crippen LogP contribution in [-0.2, 0) is 6.54 Å². The largest absolute Gasteiger partial charge is 0.481 e. The van der Waals surface area contributed by atoms with Gasteiger partial charge in [0, 0.05) is 49.9 Å². The number of benzene rings is 2. The molecule has 1 aliphatic heterocycles. The van der Waals surface area contributed by atoms with E-state index in [1.54, 1.807) is 7.11 Å². The summed E-state index contributed by atoms with van der Waals surface area (Å²) in [6.07, 6.45) is 4.85. The van der Waals surface area contributed by atoms with Crippen LogP contribution in [0.15, 0.2) is 60.8 Å². The number of likely N-dealkylation sites (tertiary alicyclic amines) is 1. The number of hydrogen-bond acceptors (Lipinski definition) is 6. The zero-order valence-electron chi connectivity index (χ0n) is 23.5. The van der Waals surface area contributed by atoms with Gasteiger partial charge in [-0.15, -0.1) is 0 Å². The van der Waals surface area contributed by atoms with Crippen molar-refractivity contribution in [2.24, 2.45) is 0 Å². The number of carbonyl (C=O) groups is 1. The minimum atomic E-state index is 0.0146. The molecular weight excluding hydrogens is 486 g/mol. The third kappa shape index (κ3) is 7.15. The first-order valence-electron chi connectivity index (χ1n) is 13.7. The van der Waals surface area contributed by atoms with Crippen molar-refractivity contribution in [2.75, 3.05) is 31.6 Å². The minimum absolute atomic E-state index is 0.0146. The third-order valence-electron chi connectivity index (χ3n) is 7.79. The molecule has 204 valence electrons. The summed E-state index contributed by atoms with van der Waals surface area (Å²) in [5.74, 6) is 0.610. The van der Waals surface area contributed by atoms with Crippen LogP contribution in [0.4, 0.5) is 5.69 Å². The van der Waals surface area contributed by atoms with Crippen LogP contribution in [0.25, 0.3) is 0 Å². The van der Waals surface area contributed by atoms with Crippen molar-refractivity contribution in [1.82, 2.24) is 15.2 Å². The van der Waals surface area contributed by atoms with Crippen molar-refractivity contribution < 1.29 is 9.53 Å². The predicted molar refractivity (Wildman–Crippen MR) is 155 cm³/mol. The highest BCUT2D eigenvalue weighted by molar-refractivity contribution is 5.97. The molecule has 0 saturated carbocycles. The molecule has 2 aromatic carbocycles. The molecule has 39 heavy (non-hydrogen) atoms. The van der Waals surface area contributed by atoms with E-state index in [2.05, 4.69) is 45.2 Å². The lowest BCUT2D eigenvalue weighted by Crippen LogP contribution is -2.48. The molecule has 3 aromatic rings. The van der Waals surface area contributed by atoms with Gasteiger partial charge in [0.1, 0.15) is 0 Å². The smallest absolute Gasteiger partial charge is 0.251 e. The number of nitrogens with one attached hydrogen (secondary N) is 1. The number of amides is 1. The highest BCUT2D eigenvalue weighted by Crippen LogP contribution is 2.28. The number of hydrogen-bond donors (Lipinski definition) is 1. The van der Waals surface area contributed by atoms with Crippen molar-refractivity contribution in [1.29, 1.82) is 5.26 Å². The van der Waals surface area contributed by atoms with Crippen LogP contribution in [0.2, 0.25) is 0 Å². The van der Waals surface area contributed by atoms with Crippen LogP contribution in [0.1, 0.15) is 58.8 Å². The Morgan fingerprint density at radius 1 is 1.15 bits per heavy atom. The topological polar surface area (TPSA) is 81.5 Å². The number of methoxy groups -OCH3 is 1. The molecule has 1 N–H and O–H groups in total. The van der Waals surface area contributed by atoms with E-state index >= 15 is 0 Å². The summed E-state index contributed by atoms with van der Waals surface area (Å²) in [7, 11) is 1.62. The summed E-state index contributed by atoms with van der Waals surface area (Å²) in [6, 6.07) is 20.7. The lowest BCUT2D eigenvalue weighted by atomic mass is 9.99. The van der Waals surface area contributed by atoms with Crippen LogP contribution < -0.4 is 15.0 Å². The van der Waals surface area contributed by atoms with Gasteiger partial charge in [0.2, 0.25) is 5.88 Å². The maximum Gasteiger partial charge on any atom is 0.251 e. The van der Waals surface area contributed by atoms with E-state index in [1.807, 2.05) is 62.5 Å². The Bertz CT molecular complexity index is 1270. The van der Waals surface area contributed by atoms with Gasteiger partial charge in [0.05, 0.1) is 30.6 Å². The fraction of sp³-hybridized carbons (Fsp3) is 0.406. The summed E-state index contributed by atoms with van der Waals surface area (Å²) in [5.41, 5.74) is 5.66. The highest BCUT2D eigenvalue weighted by Gasteiger charge is 2.27. The van der Waals surface area contributed by atoms with Gasteiger partial charge in [-0.2, -0.15) is 5.26 Å². The summed E-state index contributed by atoms with van der Waals surface area (Å²) >= 11 is 0. The second-order valence-corrected chi connectivity index (χ2v) is 10.4. The van der Waals surface area contributed by atoms with Crippen molar-refractivity contribution in [3.8, 4) is 11.9 Å². The molecule has 1 atom stereocenters. The van der Waals surface area contributed by atoms with E-state index in [0.717, 1.165) is 60.3 Å². The van der Waals surface area contributed by atoms with Crippen LogP contribution in [0.5, 0.6) is 5.88 Å². The van der Waals surface area contributed by atoms with E-state index in [1.165, 1.54) is 0 Å². The van der Waals surface area contributed by atoms with Crippen molar-refractivity contribution >= 4 is 11.6 Å². The van der Waals surface area contributed by atoms with E-state index in [4.69, 9.17) is 4.74 Å². The number of nitriles is 1. The number of ether oxygens (including phenoxy) is 1. The van der Waals surface area contributed by atoms with E-state index < -0.39 is 0 Å². The lowest BCUT2D eigenvalue weighted by Gasteiger charge is -2.41. The number of carbonyl (C=O) groups excluding carboxylic acids is 1. The second-order valence-electron chi connectivity index (χ2n) is 10.4. The molecule has 0 bridgehead atoms. The molecule has 1 amide bonds. The summed E-state index contributed by atoms with van der Waals surface area (Å²) in [6.45, 7) is 9.59. The molecule has 4 rings (SSSR count). The zero-order chi connectivity index (χ0) is 27.8.